The van der Waals surface area contributed by atoms with E-state index in [9.17, 15) is 9.59 Å². The van der Waals surface area contributed by atoms with E-state index in [0.717, 1.165) is 11.1 Å². The molecule has 0 radical (unpaired) electrons. The van der Waals surface area contributed by atoms with Crippen molar-refractivity contribution in [3.8, 4) is 0 Å². The number of benzene rings is 1. The SMILES string of the molecule is C=C1CC(N2Cc3c(cccc3C(C)C)C2=O)C(=O)N1. The Labute approximate surface area is 118 Å². The average Bonchev–Trinajstić information content (AvgIpc) is 2.89. The molecule has 0 saturated carbocycles. The van der Waals surface area contributed by atoms with Crippen molar-refractivity contribution in [2.45, 2.75) is 38.8 Å². The van der Waals surface area contributed by atoms with E-state index in [-0.39, 0.29) is 11.8 Å². The number of carbonyl (C=O) groups excluding carboxylic acids is 2. The van der Waals surface area contributed by atoms with Crippen molar-refractivity contribution in [3.63, 3.8) is 0 Å². The van der Waals surface area contributed by atoms with Crippen molar-refractivity contribution in [2.24, 2.45) is 0 Å². The predicted octanol–water partition coefficient (Wildman–Crippen LogP) is 2.17. The van der Waals surface area contributed by atoms with Gasteiger partial charge in [-0.1, -0.05) is 32.6 Å². The van der Waals surface area contributed by atoms with Crippen LogP contribution in [0.2, 0.25) is 0 Å². The van der Waals surface area contributed by atoms with Crippen LogP contribution < -0.4 is 5.32 Å². The largest absolute Gasteiger partial charge is 0.328 e. The summed E-state index contributed by atoms with van der Waals surface area (Å²) in [6.07, 6.45) is 0.509. The lowest BCUT2D eigenvalue weighted by Gasteiger charge is -2.21. The van der Waals surface area contributed by atoms with Gasteiger partial charge in [0.15, 0.2) is 0 Å². The number of hydrogen-bond acceptors (Lipinski definition) is 2. The van der Waals surface area contributed by atoms with Crippen molar-refractivity contribution in [3.05, 3.63) is 47.2 Å². The lowest BCUT2D eigenvalue weighted by atomic mass is 9.95. The van der Waals surface area contributed by atoms with E-state index < -0.39 is 6.04 Å². The van der Waals surface area contributed by atoms with Gasteiger partial charge in [-0.15, -0.1) is 0 Å². The van der Waals surface area contributed by atoms with E-state index in [1.165, 1.54) is 5.56 Å². The van der Waals surface area contributed by atoms with Gasteiger partial charge in [0.1, 0.15) is 6.04 Å². The van der Waals surface area contributed by atoms with Crippen LogP contribution in [0.25, 0.3) is 0 Å². The number of hydrogen-bond donors (Lipinski definition) is 1. The quantitative estimate of drug-likeness (QED) is 0.895. The summed E-state index contributed by atoms with van der Waals surface area (Å²) in [5.41, 5.74) is 3.68. The van der Waals surface area contributed by atoms with Crippen molar-refractivity contribution in [1.82, 2.24) is 10.2 Å². The summed E-state index contributed by atoms with van der Waals surface area (Å²) in [6, 6.07) is 5.42. The first-order chi connectivity index (χ1) is 9.49. The van der Waals surface area contributed by atoms with Crippen LogP contribution >= 0.6 is 0 Å². The summed E-state index contributed by atoms with van der Waals surface area (Å²) in [6.45, 7) is 8.53. The molecule has 4 nitrogen and oxygen atoms in total. The highest BCUT2D eigenvalue weighted by Crippen LogP contribution is 2.33. The summed E-state index contributed by atoms with van der Waals surface area (Å²) < 4.78 is 0. The molecule has 1 saturated heterocycles. The zero-order valence-corrected chi connectivity index (χ0v) is 11.8. The molecular weight excluding hydrogens is 252 g/mol. The molecule has 1 N–H and O–H groups in total. The van der Waals surface area contributed by atoms with Crippen LogP contribution in [-0.2, 0) is 11.3 Å². The minimum atomic E-state index is -0.414. The number of carbonyl (C=O) groups is 2. The van der Waals surface area contributed by atoms with Gasteiger partial charge in [-0.2, -0.15) is 0 Å². The molecule has 1 unspecified atom stereocenters. The van der Waals surface area contributed by atoms with E-state index in [1.54, 1.807) is 4.90 Å². The summed E-state index contributed by atoms with van der Waals surface area (Å²) in [5.74, 6) is 0.199. The zero-order valence-electron chi connectivity index (χ0n) is 11.8. The van der Waals surface area contributed by atoms with E-state index >= 15 is 0 Å². The second-order valence-corrected chi connectivity index (χ2v) is 5.77. The molecular formula is C16H18N2O2. The van der Waals surface area contributed by atoms with Gasteiger partial charge in [-0.3, -0.25) is 9.59 Å². The van der Waals surface area contributed by atoms with Gasteiger partial charge in [0.25, 0.3) is 5.91 Å². The first-order valence-corrected chi connectivity index (χ1v) is 6.90. The molecule has 2 aliphatic heterocycles. The molecule has 0 spiro atoms. The molecule has 1 fully saturated rings. The van der Waals surface area contributed by atoms with E-state index in [1.807, 2.05) is 12.1 Å². The molecule has 4 heteroatoms. The molecule has 1 aromatic carbocycles. The highest BCUT2D eigenvalue weighted by molar-refractivity contribution is 6.02. The van der Waals surface area contributed by atoms with E-state index in [0.29, 0.717) is 24.6 Å². The van der Waals surface area contributed by atoms with Crippen LogP contribution in [0.4, 0.5) is 0 Å². The zero-order chi connectivity index (χ0) is 14.4. The molecule has 2 heterocycles. The van der Waals surface area contributed by atoms with Gasteiger partial charge >= 0.3 is 0 Å². The lowest BCUT2D eigenvalue weighted by molar-refractivity contribution is -0.122. The minimum Gasteiger partial charge on any atom is -0.328 e. The third kappa shape index (κ3) is 1.83. The molecule has 1 atom stereocenters. The second-order valence-electron chi connectivity index (χ2n) is 5.77. The van der Waals surface area contributed by atoms with Crippen molar-refractivity contribution in [1.29, 1.82) is 0 Å². The summed E-state index contributed by atoms with van der Waals surface area (Å²) in [7, 11) is 0. The van der Waals surface area contributed by atoms with Crippen molar-refractivity contribution in [2.75, 3.05) is 0 Å². The number of nitrogens with zero attached hydrogens (tertiary/aromatic N) is 1. The Hall–Kier alpha value is -2.10. The van der Waals surface area contributed by atoms with Crippen LogP contribution in [0.3, 0.4) is 0 Å². The number of fused-ring (bicyclic) bond motifs is 1. The standard InChI is InChI=1S/C16H18N2O2/c1-9(2)11-5-4-6-12-13(11)8-18(16(12)20)14-7-10(3)17-15(14)19/h4-6,9,14H,3,7-8H2,1-2H3,(H,17,19). The van der Waals surface area contributed by atoms with Crippen molar-refractivity contribution < 1.29 is 9.59 Å². The molecule has 3 rings (SSSR count). The van der Waals surface area contributed by atoms with Gasteiger partial charge in [0.05, 0.1) is 0 Å². The minimum absolute atomic E-state index is 0.0441. The first-order valence-electron chi connectivity index (χ1n) is 6.90. The first kappa shape index (κ1) is 12.9. The smallest absolute Gasteiger partial charge is 0.255 e. The molecule has 0 aromatic heterocycles. The normalized spacial score (nSPS) is 21.6. The molecule has 2 amide bonds. The molecule has 0 bridgehead atoms. The third-order valence-corrected chi connectivity index (χ3v) is 4.07. The fourth-order valence-corrected chi connectivity index (χ4v) is 3.06. The maximum Gasteiger partial charge on any atom is 0.255 e. The maximum atomic E-state index is 12.5. The number of rotatable bonds is 2. The van der Waals surface area contributed by atoms with Crippen LogP contribution in [0, 0.1) is 0 Å². The Kier molecular flexibility index (Phi) is 2.89. The Bertz CT molecular complexity index is 619. The average molecular weight is 270 g/mol. The Morgan fingerprint density at radius 2 is 2.10 bits per heavy atom. The summed E-state index contributed by atoms with van der Waals surface area (Å²) in [5, 5.41) is 2.70. The van der Waals surface area contributed by atoms with Gasteiger partial charge in [0.2, 0.25) is 5.91 Å². The highest BCUT2D eigenvalue weighted by Gasteiger charge is 2.40. The maximum absolute atomic E-state index is 12.5. The van der Waals surface area contributed by atoms with Crippen LogP contribution in [0.15, 0.2) is 30.5 Å². The van der Waals surface area contributed by atoms with Crippen LogP contribution in [-0.4, -0.2) is 22.8 Å². The number of amides is 2. The topological polar surface area (TPSA) is 49.4 Å². The predicted molar refractivity (Wildman–Crippen MR) is 76.1 cm³/mol. The van der Waals surface area contributed by atoms with E-state index in [4.69, 9.17) is 0 Å². The van der Waals surface area contributed by atoms with Crippen LogP contribution in [0.5, 0.6) is 0 Å². The Balaban J connectivity index is 1.97. The molecule has 0 aliphatic carbocycles. The van der Waals surface area contributed by atoms with E-state index in [2.05, 4.69) is 31.8 Å². The third-order valence-electron chi connectivity index (χ3n) is 4.07. The molecule has 104 valence electrons. The Morgan fingerprint density at radius 1 is 1.35 bits per heavy atom. The summed E-state index contributed by atoms with van der Waals surface area (Å²) >= 11 is 0. The Morgan fingerprint density at radius 3 is 2.70 bits per heavy atom. The van der Waals surface area contributed by atoms with Crippen LogP contribution in [0.1, 0.15) is 47.7 Å². The molecule has 20 heavy (non-hydrogen) atoms. The fraction of sp³-hybridized carbons (Fsp3) is 0.375. The highest BCUT2D eigenvalue weighted by atomic mass is 16.2. The van der Waals surface area contributed by atoms with Gasteiger partial charge in [-0.25, -0.2) is 0 Å². The monoisotopic (exact) mass is 270 g/mol. The molecule has 1 aromatic rings. The van der Waals surface area contributed by atoms with Crippen molar-refractivity contribution >= 4 is 11.8 Å². The fourth-order valence-electron chi connectivity index (χ4n) is 3.06. The summed E-state index contributed by atoms with van der Waals surface area (Å²) in [4.78, 5) is 26.1. The lowest BCUT2D eigenvalue weighted by Crippen LogP contribution is -2.40. The van der Waals surface area contributed by atoms with Gasteiger partial charge < -0.3 is 10.2 Å². The molecule has 2 aliphatic rings. The second kappa shape index (κ2) is 4.47. The van der Waals surface area contributed by atoms with Gasteiger partial charge in [0, 0.05) is 24.2 Å². The number of nitrogens with one attached hydrogen (secondary N) is 1. The van der Waals surface area contributed by atoms with Gasteiger partial charge in [-0.05, 0) is 23.1 Å².